The van der Waals surface area contributed by atoms with Crippen LogP contribution in [0.25, 0.3) is 22.6 Å². The van der Waals surface area contributed by atoms with Crippen molar-refractivity contribution < 1.29 is 4.79 Å². The van der Waals surface area contributed by atoms with Crippen LogP contribution < -0.4 is 5.73 Å². The smallest absolute Gasteiger partial charge is 0.339 e. The number of nitrogens with one attached hydrogen (secondary N) is 1. The molecule has 0 aliphatic heterocycles. The van der Waals surface area contributed by atoms with E-state index in [9.17, 15) is 4.79 Å². The summed E-state index contributed by atoms with van der Waals surface area (Å²) in [7, 11) is 0. The number of rotatable bonds is 1. The molecule has 0 aliphatic rings. The van der Waals surface area contributed by atoms with Gasteiger partial charge in [0.1, 0.15) is 5.69 Å². The number of amides is 1. The molecule has 0 saturated heterocycles. The lowest BCUT2D eigenvalue weighted by atomic mass is 10.1. The first kappa shape index (κ1) is 11.5. The molecule has 3 rings (SSSR count). The van der Waals surface area contributed by atoms with Crippen molar-refractivity contribution in [1.29, 1.82) is 0 Å². The molecule has 0 aliphatic carbocycles. The summed E-state index contributed by atoms with van der Waals surface area (Å²) < 4.78 is 1.08. The van der Waals surface area contributed by atoms with E-state index in [4.69, 9.17) is 5.73 Å². The third-order valence-corrected chi connectivity index (χ3v) is 3.15. The highest BCUT2D eigenvalue weighted by molar-refractivity contribution is 5.80. The summed E-state index contributed by atoms with van der Waals surface area (Å²) in [5.74, 6) is 0.625. The number of carbonyl (C=O) groups is 1. The molecule has 3 aromatic rings. The minimum atomic E-state index is -0.617. The number of hydrogen-bond acceptors (Lipinski definition) is 3. The van der Waals surface area contributed by atoms with E-state index in [1.54, 1.807) is 6.07 Å². The van der Waals surface area contributed by atoms with E-state index in [2.05, 4.69) is 22.0 Å². The SMILES string of the molecule is Cc1cc2nc(-c3ccn(C(N)=O)n3)[nH]c2cc1C. The van der Waals surface area contributed by atoms with Gasteiger partial charge in [0, 0.05) is 6.20 Å². The fourth-order valence-corrected chi connectivity index (χ4v) is 1.96. The van der Waals surface area contributed by atoms with Crippen molar-refractivity contribution in [1.82, 2.24) is 19.7 Å². The molecule has 0 bridgehead atoms. The molecule has 6 nitrogen and oxygen atoms in total. The summed E-state index contributed by atoms with van der Waals surface area (Å²) in [5.41, 5.74) is 9.96. The van der Waals surface area contributed by atoms with Gasteiger partial charge in [-0.2, -0.15) is 9.78 Å². The van der Waals surface area contributed by atoms with Crippen molar-refractivity contribution in [2.24, 2.45) is 5.73 Å². The molecule has 2 aromatic heterocycles. The lowest BCUT2D eigenvalue weighted by molar-refractivity contribution is 0.248. The normalized spacial score (nSPS) is 11.1. The Morgan fingerprint density at radius 2 is 2.05 bits per heavy atom. The van der Waals surface area contributed by atoms with Crippen molar-refractivity contribution in [3.8, 4) is 11.5 Å². The van der Waals surface area contributed by atoms with E-state index >= 15 is 0 Å². The van der Waals surface area contributed by atoms with E-state index in [0.29, 0.717) is 11.5 Å². The van der Waals surface area contributed by atoms with E-state index in [0.717, 1.165) is 15.7 Å². The van der Waals surface area contributed by atoms with E-state index in [1.165, 1.54) is 17.3 Å². The lowest BCUT2D eigenvalue weighted by Gasteiger charge is -1.97. The predicted molar refractivity (Wildman–Crippen MR) is 71.8 cm³/mol. The van der Waals surface area contributed by atoms with Gasteiger partial charge in [0.05, 0.1) is 11.0 Å². The molecular weight excluding hydrogens is 242 g/mol. The maximum absolute atomic E-state index is 11.0. The monoisotopic (exact) mass is 255 g/mol. The van der Waals surface area contributed by atoms with Gasteiger partial charge in [-0.05, 0) is 43.2 Å². The Kier molecular flexibility index (Phi) is 2.38. The van der Waals surface area contributed by atoms with Gasteiger partial charge >= 0.3 is 6.03 Å². The van der Waals surface area contributed by atoms with Gasteiger partial charge in [0.2, 0.25) is 0 Å². The largest absolute Gasteiger partial charge is 0.350 e. The zero-order chi connectivity index (χ0) is 13.6. The quantitative estimate of drug-likeness (QED) is 0.696. The average Bonchev–Trinajstić information content (AvgIpc) is 2.95. The van der Waals surface area contributed by atoms with Crippen LogP contribution in [0.4, 0.5) is 4.79 Å². The van der Waals surface area contributed by atoms with Crippen LogP contribution in [0.2, 0.25) is 0 Å². The molecule has 1 amide bonds. The summed E-state index contributed by atoms with van der Waals surface area (Å²) in [6.07, 6.45) is 1.52. The van der Waals surface area contributed by atoms with Gasteiger partial charge in [-0.15, -0.1) is 0 Å². The van der Waals surface area contributed by atoms with Gasteiger partial charge < -0.3 is 10.7 Å². The minimum absolute atomic E-state index is 0.588. The number of aromatic amines is 1. The van der Waals surface area contributed by atoms with E-state index < -0.39 is 6.03 Å². The first-order valence-electron chi connectivity index (χ1n) is 5.87. The molecule has 3 N–H and O–H groups in total. The third kappa shape index (κ3) is 1.87. The van der Waals surface area contributed by atoms with Gasteiger partial charge in [0.25, 0.3) is 0 Å². The van der Waals surface area contributed by atoms with Crippen LogP contribution in [0.3, 0.4) is 0 Å². The van der Waals surface area contributed by atoms with Crippen LogP contribution in [0.5, 0.6) is 0 Å². The summed E-state index contributed by atoms with van der Waals surface area (Å²) in [6, 6.07) is 5.15. The number of aryl methyl sites for hydroxylation is 2. The predicted octanol–water partition coefficient (Wildman–Crippen LogP) is 1.97. The Labute approximate surface area is 109 Å². The third-order valence-electron chi connectivity index (χ3n) is 3.15. The molecule has 6 heteroatoms. The van der Waals surface area contributed by atoms with Crippen LogP contribution in [0, 0.1) is 13.8 Å². The number of benzene rings is 1. The van der Waals surface area contributed by atoms with Crippen molar-refractivity contribution in [3.05, 3.63) is 35.5 Å². The molecular formula is C13H13N5O. The second-order valence-corrected chi connectivity index (χ2v) is 4.52. The van der Waals surface area contributed by atoms with Gasteiger partial charge in [-0.25, -0.2) is 9.78 Å². The number of carbonyl (C=O) groups excluding carboxylic acids is 1. The van der Waals surface area contributed by atoms with Crippen LogP contribution in [-0.4, -0.2) is 25.8 Å². The lowest BCUT2D eigenvalue weighted by Crippen LogP contribution is -2.19. The van der Waals surface area contributed by atoms with Crippen LogP contribution in [-0.2, 0) is 0 Å². The van der Waals surface area contributed by atoms with Crippen molar-refractivity contribution >= 4 is 17.1 Å². The summed E-state index contributed by atoms with van der Waals surface area (Å²) in [5, 5.41) is 4.07. The summed E-state index contributed by atoms with van der Waals surface area (Å²) in [4.78, 5) is 18.7. The van der Waals surface area contributed by atoms with Crippen LogP contribution >= 0.6 is 0 Å². The number of hydrogen-bond donors (Lipinski definition) is 2. The number of aromatic nitrogens is 4. The zero-order valence-corrected chi connectivity index (χ0v) is 10.6. The van der Waals surface area contributed by atoms with Gasteiger partial charge in [0.15, 0.2) is 5.82 Å². The Balaban J connectivity index is 2.12. The van der Waals surface area contributed by atoms with Gasteiger partial charge in [-0.3, -0.25) is 0 Å². The van der Waals surface area contributed by atoms with Crippen molar-refractivity contribution in [3.63, 3.8) is 0 Å². The van der Waals surface area contributed by atoms with E-state index in [-0.39, 0.29) is 0 Å². The summed E-state index contributed by atoms with van der Waals surface area (Å²) >= 11 is 0. The van der Waals surface area contributed by atoms with Crippen LogP contribution in [0.1, 0.15) is 11.1 Å². The zero-order valence-electron chi connectivity index (χ0n) is 10.6. The Morgan fingerprint density at radius 3 is 2.74 bits per heavy atom. The fraction of sp³-hybridized carbons (Fsp3) is 0.154. The Morgan fingerprint density at radius 1 is 1.32 bits per heavy atom. The van der Waals surface area contributed by atoms with Crippen molar-refractivity contribution in [2.75, 3.05) is 0 Å². The maximum atomic E-state index is 11.0. The second kappa shape index (κ2) is 3.94. The standard InChI is InChI=1S/C13H13N5O/c1-7-5-10-11(6-8(7)2)16-12(15-10)9-3-4-18(17-9)13(14)19/h3-6H,1-2H3,(H2,14,19)(H,15,16). The molecule has 0 radical (unpaired) electrons. The first-order valence-corrected chi connectivity index (χ1v) is 5.87. The second-order valence-electron chi connectivity index (χ2n) is 4.52. The maximum Gasteiger partial charge on any atom is 0.339 e. The highest BCUT2D eigenvalue weighted by atomic mass is 16.2. The van der Waals surface area contributed by atoms with Crippen molar-refractivity contribution in [2.45, 2.75) is 13.8 Å². The first-order chi connectivity index (χ1) is 9.04. The average molecular weight is 255 g/mol. The highest BCUT2D eigenvalue weighted by Gasteiger charge is 2.10. The van der Waals surface area contributed by atoms with Gasteiger partial charge in [-0.1, -0.05) is 0 Å². The molecule has 2 heterocycles. The highest BCUT2D eigenvalue weighted by Crippen LogP contribution is 2.21. The molecule has 0 unspecified atom stereocenters. The molecule has 19 heavy (non-hydrogen) atoms. The van der Waals surface area contributed by atoms with E-state index in [1.807, 2.05) is 19.1 Å². The summed E-state index contributed by atoms with van der Waals surface area (Å²) in [6.45, 7) is 4.10. The molecule has 96 valence electrons. The number of nitrogens with two attached hydrogens (primary N) is 1. The number of primary amides is 1. The number of H-pyrrole nitrogens is 1. The van der Waals surface area contributed by atoms with Crippen LogP contribution in [0.15, 0.2) is 24.4 Å². The molecule has 0 spiro atoms. The molecule has 0 atom stereocenters. The number of imidazole rings is 1. The number of fused-ring (bicyclic) bond motifs is 1. The molecule has 0 saturated carbocycles. The Hall–Kier alpha value is -2.63. The Bertz CT molecular complexity index is 745. The fourth-order valence-electron chi connectivity index (χ4n) is 1.96. The number of nitrogens with zero attached hydrogens (tertiary/aromatic N) is 3. The topological polar surface area (TPSA) is 89.6 Å². The minimum Gasteiger partial charge on any atom is -0.350 e. The molecule has 0 fully saturated rings. The molecule has 1 aromatic carbocycles.